The summed E-state index contributed by atoms with van der Waals surface area (Å²) in [5.41, 5.74) is 7.76. The van der Waals surface area contributed by atoms with Gasteiger partial charge in [0.05, 0.1) is 5.02 Å². The number of anilines is 1. The number of hydrogen-bond acceptors (Lipinski definition) is 3. The van der Waals surface area contributed by atoms with Crippen molar-refractivity contribution in [3.8, 4) is 11.6 Å². The van der Waals surface area contributed by atoms with Crippen molar-refractivity contribution >= 4 is 44.9 Å². The van der Waals surface area contributed by atoms with Crippen molar-refractivity contribution in [3.05, 3.63) is 43.8 Å². The zero-order valence-electron chi connectivity index (χ0n) is 10.3. The first-order valence-corrected chi connectivity index (χ1v) is 6.99. The summed E-state index contributed by atoms with van der Waals surface area (Å²) in [6, 6.07) is 5.29. The Hall–Kier alpha value is -0.970. The van der Waals surface area contributed by atoms with Crippen LogP contribution in [-0.4, -0.2) is 4.98 Å². The summed E-state index contributed by atoms with van der Waals surface area (Å²) in [5, 5.41) is 0.623. The van der Waals surface area contributed by atoms with Crippen molar-refractivity contribution < 1.29 is 4.74 Å². The molecule has 6 heteroatoms. The van der Waals surface area contributed by atoms with E-state index in [1.807, 2.05) is 26.0 Å². The number of pyridine rings is 1. The van der Waals surface area contributed by atoms with Gasteiger partial charge in [-0.15, -0.1) is 0 Å². The molecule has 0 unspecified atom stereocenters. The van der Waals surface area contributed by atoms with Gasteiger partial charge in [-0.2, -0.15) is 4.98 Å². The van der Waals surface area contributed by atoms with Gasteiger partial charge in [-0.05, 0) is 43.2 Å². The molecule has 0 atom stereocenters. The predicted molar refractivity (Wildman–Crippen MR) is 82.4 cm³/mol. The number of aryl methyl sites for hydroxylation is 2. The molecule has 0 saturated carbocycles. The highest BCUT2D eigenvalue weighted by atomic mass is 79.9. The van der Waals surface area contributed by atoms with Crippen molar-refractivity contribution in [3.63, 3.8) is 0 Å². The number of aromatic nitrogens is 1. The molecule has 1 aromatic carbocycles. The Labute approximate surface area is 129 Å². The van der Waals surface area contributed by atoms with Gasteiger partial charge >= 0.3 is 0 Å². The number of hydrogen-bond donors (Lipinski definition) is 1. The summed E-state index contributed by atoms with van der Waals surface area (Å²) >= 11 is 15.4. The smallest absolute Gasteiger partial charge is 0.240 e. The van der Waals surface area contributed by atoms with E-state index < -0.39 is 0 Å². The van der Waals surface area contributed by atoms with Crippen LogP contribution in [0.4, 0.5) is 5.82 Å². The molecule has 19 heavy (non-hydrogen) atoms. The van der Waals surface area contributed by atoms with Crippen molar-refractivity contribution in [2.24, 2.45) is 0 Å². The third-order valence-electron chi connectivity index (χ3n) is 2.55. The lowest BCUT2D eigenvalue weighted by molar-refractivity contribution is 0.463. The summed E-state index contributed by atoms with van der Waals surface area (Å²) in [6.07, 6.45) is 0. The number of ether oxygens (including phenoxy) is 1. The number of nitrogen functional groups attached to an aromatic ring is 1. The number of nitrogens with two attached hydrogens (primary N) is 1. The molecule has 0 spiro atoms. The van der Waals surface area contributed by atoms with Crippen molar-refractivity contribution in [1.82, 2.24) is 4.98 Å². The second kappa shape index (κ2) is 5.57. The Kier molecular flexibility index (Phi) is 4.23. The highest BCUT2D eigenvalue weighted by molar-refractivity contribution is 9.10. The minimum Gasteiger partial charge on any atom is -0.437 e. The molecule has 2 aromatic rings. The van der Waals surface area contributed by atoms with E-state index in [-0.39, 0.29) is 11.7 Å². The lowest BCUT2D eigenvalue weighted by Crippen LogP contribution is -1.96. The third kappa shape index (κ3) is 3.14. The van der Waals surface area contributed by atoms with Crippen LogP contribution in [0, 0.1) is 13.8 Å². The lowest BCUT2D eigenvalue weighted by atomic mass is 10.1. The molecule has 3 nitrogen and oxygen atoms in total. The van der Waals surface area contributed by atoms with Crippen LogP contribution < -0.4 is 10.5 Å². The van der Waals surface area contributed by atoms with Gasteiger partial charge in [0.25, 0.3) is 0 Å². The van der Waals surface area contributed by atoms with Crippen LogP contribution in [0.15, 0.2) is 22.7 Å². The van der Waals surface area contributed by atoms with Gasteiger partial charge in [-0.1, -0.05) is 39.1 Å². The molecule has 100 valence electrons. The van der Waals surface area contributed by atoms with E-state index in [1.54, 1.807) is 0 Å². The maximum atomic E-state index is 6.03. The van der Waals surface area contributed by atoms with Crippen molar-refractivity contribution in [2.45, 2.75) is 13.8 Å². The largest absolute Gasteiger partial charge is 0.437 e. The van der Waals surface area contributed by atoms with Crippen molar-refractivity contribution in [2.75, 3.05) is 5.73 Å². The fourth-order valence-corrected chi connectivity index (χ4v) is 2.24. The van der Waals surface area contributed by atoms with Gasteiger partial charge in [0, 0.05) is 4.47 Å². The normalized spacial score (nSPS) is 10.6. The monoisotopic (exact) mass is 360 g/mol. The lowest BCUT2D eigenvalue weighted by Gasteiger charge is -2.11. The number of halogens is 3. The van der Waals surface area contributed by atoms with Crippen LogP contribution in [0.2, 0.25) is 10.0 Å². The molecule has 1 aromatic heterocycles. The quantitative estimate of drug-likeness (QED) is 0.805. The molecule has 0 bridgehead atoms. The molecule has 1 heterocycles. The Balaban J connectivity index is 2.39. The van der Waals surface area contributed by atoms with Gasteiger partial charge < -0.3 is 10.5 Å². The van der Waals surface area contributed by atoms with Gasteiger partial charge in [0.2, 0.25) is 5.88 Å². The van der Waals surface area contributed by atoms with Crippen molar-refractivity contribution in [1.29, 1.82) is 0 Å². The Morgan fingerprint density at radius 3 is 2.26 bits per heavy atom. The van der Waals surface area contributed by atoms with Gasteiger partial charge in [-0.25, -0.2) is 0 Å². The average Bonchev–Trinajstić information content (AvgIpc) is 2.33. The average molecular weight is 362 g/mol. The number of benzene rings is 1. The topological polar surface area (TPSA) is 48.1 Å². The SMILES string of the molecule is Cc1cc(Oc2nc(N)c(Cl)cc2Cl)cc(C)c1Br. The molecule has 0 saturated heterocycles. The van der Waals surface area contributed by atoms with E-state index in [9.17, 15) is 0 Å². The molecule has 0 radical (unpaired) electrons. The molecule has 0 fully saturated rings. The Bertz CT molecular complexity index is 624. The van der Waals surface area contributed by atoms with Gasteiger partial charge in [-0.3, -0.25) is 0 Å². The summed E-state index contributed by atoms with van der Waals surface area (Å²) in [5.74, 6) is 1.07. The fraction of sp³-hybridized carbons (Fsp3) is 0.154. The first-order valence-electron chi connectivity index (χ1n) is 5.44. The molecular formula is C13H11BrCl2N2O. The Morgan fingerprint density at radius 2 is 1.68 bits per heavy atom. The van der Waals surface area contributed by atoms with Gasteiger partial charge in [0.1, 0.15) is 16.6 Å². The fourth-order valence-electron chi connectivity index (χ4n) is 1.61. The molecule has 0 aliphatic heterocycles. The number of nitrogens with zero attached hydrogens (tertiary/aromatic N) is 1. The second-order valence-corrected chi connectivity index (χ2v) is 5.72. The van der Waals surface area contributed by atoms with E-state index in [0.717, 1.165) is 15.6 Å². The highest BCUT2D eigenvalue weighted by Crippen LogP contribution is 2.34. The maximum Gasteiger partial charge on any atom is 0.240 e. The summed E-state index contributed by atoms with van der Waals surface area (Å²) in [6.45, 7) is 3.96. The van der Waals surface area contributed by atoms with Crippen LogP contribution in [0.3, 0.4) is 0 Å². The first-order chi connectivity index (χ1) is 8.88. The molecule has 2 N–H and O–H groups in total. The predicted octanol–water partition coefficient (Wildman–Crippen LogP) is 5.14. The van der Waals surface area contributed by atoms with Crippen LogP contribution in [0.1, 0.15) is 11.1 Å². The highest BCUT2D eigenvalue weighted by Gasteiger charge is 2.11. The minimum absolute atomic E-state index is 0.187. The molecule has 2 rings (SSSR count). The van der Waals surface area contributed by atoms with E-state index in [1.165, 1.54) is 6.07 Å². The van der Waals surface area contributed by atoms with E-state index >= 15 is 0 Å². The zero-order valence-corrected chi connectivity index (χ0v) is 13.4. The standard InChI is InChI=1S/C13H11BrCl2N2O/c1-6-3-8(4-7(2)11(6)14)19-13-10(16)5-9(15)12(17)18-13/h3-5H,1-2H3,(H2,17,18). The van der Waals surface area contributed by atoms with Gasteiger partial charge in [0.15, 0.2) is 0 Å². The van der Waals surface area contributed by atoms with Crippen LogP contribution in [0.25, 0.3) is 0 Å². The van der Waals surface area contributed by atoms with E-state index in [4.69, 9.17) is 33.7 Å². The Morgan fingerprint density at radius 1 is 1.11 bits per heavy atom. The van der Waals surface area contributed by atoms with Crippen LogP contribution in [0.5, 0.6) is 11.6 Å². The molecule has 0 aliphatic carbocycles. The molecule has 0 aliphatic rings. The first kappa shape index (κ1) is 14.4. The summed E-state index contributed by atoms with van der Waals surface area (Å²) < 4.78 is 6.71. The summed E-state index contributed by atoms with van der Waals surface area (Å²) in [4.78, 5) is 4.03. The van der Waals surface area contributed by atoms with E-state index in [0.29, 0.717) is 15.8 Å². The minimum atomic E-state index is 0.187. The zero-order chi connectivity index (χ0) is 14.2. The van der Waals surface area contributed by atoms with E-state index in [2.05, 4.69) is 20.9 Å². The second-order valence-electron chi connectivity index (χ2n) is 4.12. The molecular weight excluding hydrogens is 351 g/mol. The van der Waals surface area contributed by atoms with Crippen LogP contribution in [-0.2, 0) is 0 Å². The number of rotatable bonds is 2. The van der Waals surface area contributed by atoms with Crippen LogP contribution >= 0.6 is 39.1 Å². The summed E-state index contributed by atoms with van der Waals surface area (Å²) in [7, 11) is 0. The maximum absolute atomic E-state index is 6.03. The molecule has 0 amide bonds. The third-order valence-corrected chi connectivity index (χ3v) is 4.37.